The molecular weight excluding hydrogens is 273 g/mol. The van der Waals surface area contributed by atoms with Crippen molar-refractivity contribution in [3.63, 3.8) is 0 Å². The number of amides is 1. The Hall–Kier alpha value is -2.39. The Labute approximate surface area is 120 Å². The fourth-order valence-corrected chi connectivity index (χ4v) is 2.56. The lowest BCUT2D eigenvalue weighted by Gasteiger charge is -2.35. The number of fused-ring (bicyclic) bond motifs is 1. The summed E-state index contributed by atoms with van der Waals surface area (Å²) in [6, 6.07) is 6.34. The van der Waals surface area contributed by atoms with Crippen LogP contribution in [0, 0.1) is 17.1 Å². The maximum Gasteiger partial charge on any atom is 0.256 e. The van der Waals surface area contributed by atoms with Crippen molar-refractivity contribution in [1.29, 1.82) is 5.26 Å². The van der Waals surface area contributed by atoms with Crippen molar-refractivity contribution < 1.29 is 13.9 Å². The van der Waals surface area contributed by atoms with Crippen LogP contribution in [-0.2, 0) is 4.74 Å². The molecule has 1 aromatic carbocycles. The van der Waals surface area contributed by atoms with Crippen LogP contribution in [0.15, 0.2) is 24.4 Å². The topological polar surface area (TPSA) is 69.1 Å². The van der Waals surface area contributed by atoms with E-state index in [9.17, 15) is 9.18 Å². The third-order valence-electron chi connectivity index (χ3n) is 3.67. The minimum Gasteiger partial charge on any atom is -0.360 e. The zero-order valence-electron chi connectivity index (χ0n) is 11.5. The van der Waals surface area contributed by atoms with Gasteiger partial charge in [0.2, 0.25) is 0 Å². The van der Waals surface area contributed by atoms with Crippen molar-refractivity contribution in [2.45, 2.75) is 12.5 Å². The molecule has 1 saturated heterocycles. The first-order chi connectivity index (χ1) is 10.0. The zero-order valence-corrected chi connectivity index (χ0v) is 11.5. The van der Waals surface area contributed by atoms with Crippen molar-refractivity contribution in [3.8, 4) is 6.07 Å². The summed E-state index contributed by atoms with van der Waals surface area (Å²) in [7, 11) is 0. The van der Waals surface area contributed by atoms with Crippen molar-refractivity contribution >= 4 is 16.8 Å². The van der Waals surface area contributed by atoms with E-state index in [1.165, 1.54) is 12.1 Å². The first-order valence-electron chi connectivity index (χ1n) is 6.63. The van der Waals surface area contributed by atoms with Gasteiger partial charge in [-0.2, -0.15) is 5.26 Å². The quantitative estimate of drug-likeness (QED) is 0.873. The van der Waals surface area contributed by atoms with E-state index < -0.39 is 5.60 Å². The number of aromatic nitrogens is 1. The Morgan fingerprint density at radius 3 is 3.14 bits per heavy atom. The first kappa shape index (κ1) is 13.6. The van der Waals surface area contributed by atoms with Gasteiger partial charge in [0.1, 0.15) is 5.82 Å². The Morgan fingerprint density at radius 2 is 2.38 bits per heavy atom. The number of nitrogens with one attached hydrogen (secondary N) is 1. The highest BCUT2D eigenvalue weighted by atomic mass is 19.1. The summed E-state index contributed by atoms with van der Waals surface area (Å²) in [6.07, 6.45) is 1.58. The largest absolute Gasteiger partial charge is 0.360 e. The molecule has 2 aromatic rings. The fraction of sp³-hybridized carbons (Fsp3) is 0.333. The number of nitrogens with zero attached hydrogens (tertiary/aromatic N) is 2. The third kappa shape index (κ3) is 2.36. The van der Waals surface area contributed by atoms with Crippen LogP contribution in [0.4, 0.5) is 4.39 Å². The number of hydrogen-bond donors (Lipinski definition) is 1. The maximum absolute atomic E-state index is 13.2. The van der Waals surface area contributed by atoms with E-state index in [4.69, 9.17) is 10.00 Å². The van der Waals surface area contributed by atoms with Crippen molar-refractivity contribution in [2.75, 3.05) is 19.7 Å². The van der Waals surface area contributed by atoms with Crippen LogP contribution in [0.3, 0.4) is 0 Å². The molecule has 1 aliphatic heterocycles. The second-order valence-corrected chi connectivity index (χ2v) is 5.31. The van der Waals surface area contributed by atoms with Crippen LogP contribution >= 0.6 is 0 Å². The molecule has 5 nitrogen and oxygen atoms in total. The molecule has 2 heterocycles. The summed E-state index contributed by atoms with van der Waals surface area (Å²) in [5, 5.41) is 9.79. The summed E-state index contributed by atoms with van der Waals surface area (Å²) in [6.45, 7) is 2.64. The number of morpholine rings is 1. The number of rotatable bonds is 1. The lowest BCUT2D eigenvalue weighted by Crippen LogP contribution is -2.51. The normalized spacial score (nSPS) is 22.2. The van der Waals surface area contributed by atoms with Crippen LogP contribution in [0.2, 0.25) is 0 Å². The summed E-state index contributed by atoms with van der Waals surface area (Å²) < 4.78 is 18.6. The number of hydrogen-bond acceptors (Lipinski definition) is 3. The van der Waals surface area contributed by atoms with Crippen molar-refractivity contribution in [1.82, 2.24) is 9.88 Å². The summed E-state index contributed by atoms with van der Waals surface area (Å²) in [5.41, 5.74) is 0.0772. The number of carbonyl (C=O) groups is 1. The van der Waals surface area contributed by atoms with E-state index in [1.807, 2.05) is 0 Å². The van der Waals surface area contributed by atoms with E-state index in [0.717, 1.165) is 0 Å². The maximum atomic E-state index is 13.2. The molecule has 0 bridgehead atoms. The van der Waals surface area contributed by atoms with Crippen LogP contribution in [0.1, 0.15) is 17.3 Å². The van der Waals surface area contributed by atoms with Gasteiger partial charge in [-0.3, -0.25) is 4.79 Å². The van der Waals surface area contributed by atoms with Gasteiger partial charge < -0.3 is 14.6 Å². The second-order valence-electron chi connectivity index (χ2n) is 5.31. The molecule has 1 aliphatic rings. The predicted octanol–water partition coefficient (Wildman–Crippen LogP) is 2.06. The standard InChI is InChI=1S/C15H14FN3O2/c1-15(8-17)9-19(4-5-21-15)14(20)12-7-18-13-6-10(16)2-3-11(12)13/h2-3,6-7,18H,4-5,9H2,1H3. The first-order valence-corrected chi connectivity index (χ1v) is 6.63. The zero-order chi connectivity index (χ0) is 15.0. The summed E-state index contributed by atoms with van der Waals surface area (Å²) in [5.74, 6) is -0.538. The monoisotopic (exact) mass is 287 g/mol. The second kappa shape index (κ2) is 4.86. The van der Waals surface area contributed by atoms with Gasteiger partial charge in [-0.1, -0.05) is 0 Å². The van der Waals surface area contributed by atoms with E-state index in [-0.39, 0.29) is 18.3 Å². The number of benzene rings is 1. The van der Waals surface area contributed by atoms with E-state index >= 15 is 0 Å². The summed E-state index contributed by atoms with van der Waals surface area (Å²) in [4.78, 5) is 17.1. The molecule has 1 N–H and O–H groups in total. The molecule has 1 fully saturated rings. The van der Waals surface area contributed by atoms with Gasteiger partial charge in [0, 0.05) is 23.6 Å². The highest BCUT2D eigenvalue weighted by Gasteiger charge is 2.35. The molecule has 1 atom stereocenters. The molecule has 0 spiro atoms. The lowest BCUT2D eigenvalue weighted by molar-refractivity contribution is -0.0536. The number of nitriles is 1. The number of aromatic amines is 1. The SMILES string of the molecule is CC1(C#N)CN(C(=O)c2c[nH]c3cc(F)ccc23)CCO1. The number of H-pyrrole nitrogens is 1. The van der Waals surface area contributed by atoms with Crippen LogP contribution < -0.4 is 0 Å². The molecule has 3 rings (SSSR count). The fourth-order valence-electron chi connectivity index (χ4n) is 2.56. The molecule has 0 radical (unpaired) electrons. The Balaban J connectivity index is 1.92. The summed E-state index contributed by atoms with van der Waals surface area (Å²) >= 11 is 0. The molecular formula is C15H14FN3O2. The minimum absolute atomic E-state index is 0.183. The van der Waals surface area contributed by atoms with Gasteiger partial charge in [-0.15, -0.1) is 0 Å². The Kier molecular flexibility index (Phi) is 3.15. The molecule has 0 saturated carbocycles. The molecule has 1 amide bonds. The average Bonchev–Trinajstić information content (AvgIpc) is 2.89. The van der Waals surface area contributed by atoms with Crippen LogP contribution in [0.25, 0.3) is 10.9 Å². The lowest BCUT2D eigenvalue weighted by atomic mass is 10.1. The highest BCUT2D eigenvalue weighted by Crippen LogP contribution is 2.23. The van der Waals surface area contributed by atoms with Gasteiger partial charge in [-0.05, 0) is 25.1 Å². The smallest absolute Gasteiger partial charge is 0.256 e. The van der Waals surface area contributed by atoms with Crippen molar-refractivity contribution in [3.05, 3.63) is 35.8 Å². The van der Waals surface area contributed by atoms with E-state index in [1.54, 1.807) is 24.1 Å². The Bertz CT molecular complexity index is 749. The van der Waals surface area contributed by atoms with Gasteiger partial charge in [0.25, 0.3) is 5.91 Å². The molecule has 1 aromatic heterocycles. The van der Waals surface area contributed by atoms with Crippen LogP contribution in [0.5, 0.6) is 0 Å². The molecule has 1 unspecified atom stereocenters. The van der Waals surface area contributed by atoms with Crippen molar-refractivity contribution in [2.24, 2.45) is 0 Å². The molecule has 6 heteroatoms. The molecule has 108 valence electrons. The molecule has 21 heavy (non-hydrogen) atoms. The average molecular weight is 287 g/mol. The highest BCUT2D eigenvalue weighted by molar-refractivity contribution is 6.06. The van der Waals surface area contributed by atoms with Gasteiger partial charge in [0.05, 0.1) is 24.8 Å². The minimum atomic E-state index is -0.980. The third-order valence-corrected chi connectivity index (χ3v) is 3.67. The van der Waals surface area contributed by atoms with Gasteiger partial charge in [0.15, 0.2) is 5.60 Å². The van der Waals surface area contributed by atoms with E-state index in [0.29, 0.717) is 29.6 Å². The molecule has 0 aliphatic carbocycles. The Morgan fingerprint density at radius 1 is 1.57 bits per heavy atom. The number of carbonyl (C=O) groups excluding carboxylic acids is 1. The number of halogens is 1. The van der Waals surface area contributed by atoms with Crippen LogP contribution in [-0.4, -0.2) is 41.1 Å². The number of ether oxygens (including phenoxy) is 1. The van der Waals surface area contributed by atoms with Gasteiger partial charge >= 0.3 is 0 Å². The van der Waals surface area contributed by atoms with E-state index in [2.05, 4.69) is 11.1 Å². The van der Waals surface area contributed by atoms with Gasteiger partial charge in [-0.25, -0.2) is 4.39 Å². The predicted molar refractivity (Wildman–Crippen MR) is 74.1 cm³/mol.